The van der Waals surface area contributed by atoms with E-state index in [4.69, 9.17) is 9.72 Å². The van der Waals surface area contributed by atoms with Crippen molar-refractivity contribution in [3.05, 3.63) is 64.3 Å². The number of fused-ring (bicyclic) bond motifs is 1. The number of phenols is 1. The number of nitrogens with zero attached hydrogens (tertiary/aromatic N) is 1. The SMILES string of the molecule is CC.COc1cc(/C=C/c2ccc3c(C)cc(C)c(C)c3n2)ccc1O. The monoisotopic (exact) mass is 349 g/mol. The van der Waals surface area contributed by atoms with Crippen molar-refractivity contribution < 1.29 is 9.84 Å². The molecule has 3 rings (SSSR count). The lowest BCUT2D eigenvalue weighted by atomic mass is 10.0. The van der Waals surface area contributed by atoms with Gasteiger partial charge in [0.1, 0.15) is 0 Å². The molecule has 0 aliphatic carbocycles. The molecule has 0 saturated heterocycles. The summed E-state index contributed by atoms with van der Waals surface area (Å²) < 4.78 is 5.14. The van der Waals surface area contributed by atoms with E-state index in [-0.39, 0.29) is 5.75 Å². The van der Waals surface area contributed by atoms with Crippen LogP contribution in [-0.2, 0) is 0 Å². The van der Waals surface area contributed by atoms with Crippen LogP contribution in [0, 0.1) is 20.8 Å². The van der Waals surface area contributed by atoms with Crippen LogP contribution in [-0.4, -0.2) is 17.2 Å². The fraction of sp³-hybridized carbons (Fsp3) is 0.261. The van der Waals surface area contributed by atoms with Crippen LogP contribution in [0.2, 0.25) is 0 Å². The van der Waals surface area contributed by atoms with Gasteiger partial charge in [-0.1, -0.05) is 38.1 Å². The van der Waals surface area contributed by atoms with Crippen molar-refractivity contribution in [3.63, 3.8) is 0 Å². The van der Waals surface area contributed by atoms with Crippen molar-refractivity contribution in [1.29, 1.82) is 0 Å². The highest BCUT2D eigenvalue weighted by molar-refractivity contribution is 5.87. The maximum absolute atomic E-state index is 9.66. The Kier molecular flexibility index (Phi) is 6.40. The quantitative estimate of drug-likeness (QED) is 0.624. The van der Waals surface area contributed by atoms with E-state index in [1.807, 2.05) is 38.1 Å². The highest BCUT2D eigenvalue weighted by atomic mass is 16.5. The van der Waals surface area contributed by atoms with Gasteiger partial charge in [0.15, 0.2) is 11.5 Å². The molecule has 0 amide bonds. The normalized spacial score (nSPS) is 10.7. The first-order valence-corrected chi connectivity index (χ1v) is 8.92. The molecule has 2 aromatic carbocycles. The average molecular weight is 349 g/mol. The fourth-order valence-corrected chi connectivity index (χ4v) is 2.85. The molecule has 3 heteroatoms. The van der Waals surface area contributed by atoms with Gasteiger partial charge < -0.3 is 9.84 Å². The number of pyridine rings is 1. The molecule has 0 atom stereocenters. The van der Waals surface area contributed by atoms with Gasteiger partial charge in [0, 0.05) is 5.39 Å². The largest absolute Gasteiger partial charge is 0.504 e. The number of phenolic OH excluding ortho intramolecular Hbond substituents is 1. The number of benzene rings is 2. The minimum absolute atomic E-state index is 0.139. The third kappa shape index (κ3) is 4.05. The predicted octanol–water partition coefficient (Wildman–Crippen LogP) is 6.07. The van der Waals surface area contributed by atoms with Crippen LogP contribution in [0.15, 0.2) is 36.4 Å². The van der Waals surface area contributed by atoms with Crippen LogP contribution in [0.25, 0.3) is 23.1 Å². The summed E-state index contributed by atoms with van der Waals surface area (Å²) in [6.07, 6.45) is 3.94. The van der Waals surface area contributed by atoms with Gasteiger partial charge in [-0.3, -0.25) is 0 Å². The van der Waals surface area contributed by atoms with Crippen LogP contribution in [0.3, 0.4) is 0 Å². The van der Waals surface area contributed by atoms with Crippen LogP contribution >= 0.6 is 0 Å². The Morgan fingerprint density at radius 3 is 2.35 bits per heavy atom. The maximum Gasteiger partial charge on any atom is 0.161 e. The third-order valence-electron chi connectivity index (χ3n) is 4.37. The first-order chi connectivity index (χ1) is 12.5. The summed E-state index contributed by atoms with van der Waals surface area (Å²) >= 11 is 0. The van der Waals surface area contributed by atoms with Crippen molar-refractivity contribution in [2.45, 2.75) is 34.6 Å². The molecule has 3 nitrogen and oxygen atoms in total. The lowest BCUT2D eigenvalue weighted by Gasteiger charge is -2.09. The first kappa shape index (κ1) is 19.5. The van der Waals surface area contributed by atoms with Crippen molar-refractivity contribution in [3.8, 4) is 11.5 Å². The molecule has 0 unspecified atom stereocenters. The molecule has 0 radical (unpaired) electrons. The highest BCUT2D eigenvalue weighted by Crippen LogP contribution is 2.27. The van der Waals surface area contributed by atoms with E-state index in [1.165, 1.54) is 22.1 Å². The van der Waals surface area contributed by atoms with Crippen molar-refractivity contribution in [2.24, 2.45) is 0 Å². The van der Waals surface area contributed by atoms with Gasteiger partial charge in [-0.2, -0.15) is 0 Å². The predicted molar refractivity (Wildman–Crippen MR) is 111 cm³/mol. The molecule has 1 aromatic heterocycles. The molecule has 0 bridgehead atoms. The van der Waals surface area contributed by atoms with E-state index in [0.29, 0.717) is 5.75 Å². The number of rotatable bonds is 3. The van der Waals surface area contributed by atoms with E-state index in [9.17, 15) is 5.11 Å². The zero-order valence-corrected chi connectivity index (χ0v) is 16.4. The summed E-state index contributed by atoms with van der Waals surface area (Å²) in [5.41, 5.74) is 6.64. The molecule has 26 heavy (non-hydrogen) atoms. The summed E-state index contributed by atoms with van der Waals surface area (Å²) in [6.45, 7) is 10.4. The van der Waals surface area contributed by atoms with Gasteiger partial charge >= 0.3 is 0 Å². The molecular formula is C23H27NO2. The van der Waals surface area contributed by atoms with Gasteiger partial charge in [-0.25, -0.2) is 4.98 Å². The lowest BCUT2D eigenvalue weighted by Crippen LogP contribution is -1.92. The number of ether oxygens (including phenoxy) is 1. The maximum atomic E-state index is 9.66. The number of hydrogen-bond donors (Lipinski definition) is 1. The molecule has 136 valence electrons. The van der Waals surface area contributed by atoms with Crippen LogP contribution in [0.1, 0.15) is 41.8 Å². The van der Waals surface area contributed by atoms with E-state index in [1.54, 1.807) is 19.2 Å². The zero-order chi connectivity index (χ0) is 19.3. The Balaban J connectivity index is 0.00000117. The molecular weight excluding hydrogens is 322 g/mol. The van der Waals surface area contributed by atoms with E-state index in [0.717, 1.165) is 16.8 Å². The zero-order valence-electron chi connectivity index (χ0n) is 16.4. The van der Waals surface area contributed by atoms with Gasteiger partial charge in [0.05, 0.1) is 18.3 Å². The second-order valence-corrected chi connectivity index (χ2v) is 6.03. The number of methoxy groups -OCH3 is 1. The summed E-state index contributed by atoms with van der Waals surface area (Å²) in [6, 6.07) is 11.6. The summed E-state index contributed by atoms with van der Waals surface area (Å²) in [4.78, 5) is 4.80. The smallest absolute Gasteiger partial charge is 0.161 e. The Morgan fingerprint density at radius 2 is 1.65 bits per heavy atom. The van der Waals surface area contributed by atoms with Gasteiger partial charge in [0.2, 0.25) is 0 Å². The van der Waals surface area contributed by atoms with Crippen molar-refractivity contribution in [2.75, 3.05) is 7.11 Å². The molecule has 3 aromatic rings. The van der Waals surface area contributed by atoms with Gasteiger partial charge in [0.25, 0.3) is 0 Å². The molecule has 0 fully saturated rings. The molecule has 0 aliphatic rings. The minimum Gasteiger partial charge on any atom is -0.504 e. The van der Waals surface area contributed by atoms with E-state index < -0.39 is 0 Å². The number of aromatic nitrogens is 1. The van der Waals surface area contributed by atoms with Crippen LogP contribution in [0.5, 0.6) is 11.5 Å². The van der Waals surface area contributed by atoms with E-state index >= 15 is 0 Å². The number of aryl methyl sites for hydroxylation is 3. The molecule has 0 aliphatic heterocycles. The topological polar surface area (TPSA) is 42.4 Å². The molecule has 0 spiro atoms. The third-order valence-corrected chi connectivity index (χ3v) is 4.37. The van der Waals surface area contributed by atoms with Gasteiger partial charge in [-0.15, -0.1) is 0 Å². The average Bonchev–Trinajstić information content (AvgIpc) is 2.67. The molecule has 1 heterocycles. The number of aromatic hydroxyl groups is 1. The van der Waals surface area contributed by atoms with E-state index in [2.05, 4.69) is 32.9 Å². The Bertz CT molecular complexity index is 943. The Hall–Kier alpha value is -2.81. The Labute approximate surface area is 156 Å². The second kappa shape index (κ2) is 8.52. The Morgan fingerprint density at radius 1 is 0.923 bits per heavy atom. The van der Waals surface area contributed by atoms with Crippen LogP contribution < -0.4 is 4.74 Å². The second-order valence-electron chi connectivity index (χ2n) is 6.03. The van der Waals surface area contributed by atoms with Gasteiger partial charge in [-0.05, 0) is 67.3 Å². The molecule has 0 saturated carbocycles. The van der Waals surface area contributed by atoms with Crippen molar-refractivity contribution >= 4 is 23.1 Å². The number of hydrogen-bond acceptors (Lipinski definition) is 3. The first-order valence-electron chi connectivity index (χ1n) is 8.92. The highest BCUT2D eigenvalue weighted by Gasteiger charge is 2.06. The summed E-state index contributed by atoms with van der Waals surface area (Å²) in [7, 11) is 1.54. The summed E-state index contributed by atoms with van der Waals surface area (Å²) in [5, 5.41) is 10.9. The minimum atomic E-state index is 0.139. The molecule has 1 N–H and O–H groups in total. The fourth-order valence-electron chi connectivity index (χ4n) is 2.85. The van der Waals surface area contributed by atoms with Crippen molar-refractivity contribution in [1.82, 2.24) is 4.98 Å². The lowest BCUT2D eigenvalue weighted by molar-refractivity contribution is 0.373. The summed E-state index contributed by atoms with van der Waals surface area (Å²) in [5.74, 6) is 0.603. The van der Waals surface area contributed by atoms with Crippen LogP contribution in [0.4, 0.5) is 0 Å². The standard InChI is InChI=1S/C21H21NO2.C2H6/c1-13-11-14(2)18-9-8-17(22-21(18)15(13)3)7-5-16-6-10-19(23)20(12-16)24-4;1-2/h5-12,23H,1-4H3;1-2H3/b7-5+;.